The van der Waals surface area contributed by atoms with Gasteiger partial charge in [-0.25, -0.2) is 39.5 Å². The van der Waals surface area contributed by atoms with Crippen molar-refractivity contribution in [3.63, 3.8) is 0 Å². The molecule has 0 aromatic heterocycles. The molecule has 0 heterocycles. The van der Waals surface area contributed by atoms with Crippen LogP contribution in [-0.4, -0.2) is 7.11 Å². The maximum Gasteiger partial charge on any atom is 0.198 e. The highest BCUT2D eigenvalue weighted by Crippen LogP contribution is 2.48. The number of fused-ring (bicyclic) bond motifs is 2. The number of ether oxygens (including phenoxy) is 1. The van der Waals surface area contributed by atoms with Crippen LogP contribution in [0.25, 0.3) is 43.8 Å². The van der Waals surface area contributed by atoms with Gasteiger partial charge in [-0.1, -0.05) is 24.3 Å². The Labute approximate surface area is 202 Å². The highest BCUT2D eigenvalue weighted by molar-refractivity contribution is 6.22. The lowest BCUT2D eigenvalue weighted by molar-refractivity contribution is 0.415. The summed E-state index contributed by atoms with van der Waals surface area (Å²) in [6, 6.07) is 8.31. The number of methoxy groups -OCH3 is 1. The number of hydrogen-bond acceptors (Lipinski definition) is 1. The van der Waals surface area contributed by atoms with E-state index in [1.54, 1.807) is 0 Å². The van der Waals surface area contributed by atoms with Crippen LogP contribution >= 0.6 is 0 Å². The molecule has 0 spiro atoms. The first-order chi connectivity index (χ1) is 17.6. The zero-order chi connectivity index (χ0) is 26.8. The quantitative estimate of drug-likeness (QED) is 0.0998. The van der Waals surface area contributed by atoms with Crippen molar-refractivity contribution in [3.05, 3.63) is 101 Å². The minimum Gasteiger partial charge on any atom is -0.497 e. The Morgan fingerprint density at radius 2 is 1.03 bits per heavy atom. The summed E-state index contributed by atoms with van der Waals surface area (Å²) in [7, 11) is 1.35. The van der Waals surface area contributed by atoms with E-state index in [9.17, 15) is 26.3 Å². The van der Waals surface area contributed by atoms with Crippen molar-refractivity contribution in [1.29, 1.82) is 0 Å². The summed E-state index contributed by atoms with van der Waals surface area (Å²) >= 11 is 0. The van der Waals surface area contributed by atoms with E-state index in [1.807, 2.05) is 0 Å². The van der Waals surface area contributed by atoms with Crippen molar-refractivity contribution in [1.82, 2.24) is 0 Å². The molecule has 5 aromatic carbocycles. The molecule has 0 radical (unpaired) electrons. The van der Waals surface area contributed by atoms with Crippen LogP contribution in [0.15, 0.2) is 48.5 Å². The summed E-state index contributed by atoms with van der Waals surface area (Å²) in [6.07, 6.45) is 0. The van der Waals surface area contributed by atoms with Gasteiger partial charge in [-0.05, 0) is 29.1 Å². The standard InChI is InChI=1S/C27H11F9O/c1-37-11-7-5-10(6-8-11)16-12-3-2-4-13(28)17(12)18(21-22(31)14(29)9-15(30)23(21)32)20-19(16)24(33)26(35)27(36)25(20)34/h2-9H,1H3. The van der Waals surface area contributed by atoms with E-state index in [2.05, 4.69) is 0 Å². The second-order valence-electron chi connectivity index (χ2n) is 7.99. The third kappa shape index (κ3) is 3.50. The van der Waals surface area contributed by atoms with Gasteiger partial charge in [0.15, 0.2) is 46.5 Å². The van der Waals surface area contributed by atoms with Crippen LogP contribution in [-0.2, 0) is 0 Å². The molecule has 5 rings (SSSR count). The maximum atomic E-state index is 15.4. The first-order valence-electron chi connectivity index (χ1n) is 10.5. The normalized spacial score (nSPS) is 11.5. The van der Waals surface area contributed by atoms with Gasteiger partial charge in [-0.2, -0.15) is 0 Å². The molecular weight excluding hydrogens is 511 g/mol. The van der Waals surface area contributed by atoms with Crippen LogP contribution in [0.4, 0.5) is 39.5 Å². The van der Waals surface area contributed by atoms with Gasteiger partial charge in [0.25, 0.3) is 0 Å². The van der Waals surface area contributed by atoms with Crippen LogP contribution in [0.1, 0.15) is 0 Å². The highest BCUT2D eigenvalue weighted by Gasteiger charge is 2.32. The van der Waals surface area contributed by atoms with Crippen LogP contribution in [0.3, 0.4) is 0 Å². The number of hydrogen-bond donors (Lipinski definition) is 0. The second-order valence-corrected chi connectivity index (χ2v) is 7.99. The van der Waals surface area contributed by atoms with E-state index in [0.29, 0.717) is 5.75 Å². The van der Waals surface area contributed by atoms with Crippen molar-refractivity contribution in [2.24, 2.45) is 0 Å². The van der Waals surface area contributed by atoms with Gasteiger partial charge in [0.2, 0.25) is 0 Å². The zero-order valence-electron chi connectivity index (χ0n) is 18.4. The van der Waals surface area contributed by atoms with E-state index in [4.69, 9.17) is 4.74 Å². The third-order valence-corrected chi connectivity index (χ3v) is 6.04. The van der Waals surface area contributed by atoms with Gasteiger partial charge >= 0.3 is 0 Å². The fourth-order valence-electron chi connectivity index (χ4n) is 4.45. The SMILES string of the molecule is COc1ccc(-c2c3cccc(F)c3c(-c3c(F)c(F)cc(F)c3F)c3c(F)c(F)c(F)c(F)c23)cc1. The minimum absolute atomic E-state index is 0.0311. The third-order valence-electron chi connectivity index (χ3n) is 6.04. The van der Waals surface area contributed by atoms with Crippen LogP contribution < -0.4 is 4.74 Å². The molecular formula is C27H11F9O. The summed E-state index contributed by atoms with van der Waals surface area (Å²) in [5.74, 6) is -17.7. The molecule has 0 aliphatic carbocycles. The largest absolute Gasteiger partial charge is 0.497 e. The average Bonchev–Trinajstić information content (AvgIpc) is 2.89. The van der Waals surface area contributed by atoms with Gasteiger partial charge < -0.3 is 4.74 Å². The molecule has 0 fully saturated rings. The van der Waals surface area contributed by atoms with E-state index in [0.717, 1.165) is 18.2 Å². The molecule has 0 N–H and O–H groups in total. The van der Waals surface area contributed by atoms with Crippen molar-refractivity contribution in [2.75, 3.05) is 7.11 Å². The lowest BCUT2D eigenvalue weighted by Crippen LogP contribution is -2.06. The van der Waals surface area contributed by atoms with E-state index >= 15 is 13.2 Å². The molecule has 37 heavy (non-hydrogen) atoms. The number of rotatable bonds is 3. The molecule has 1 nitrogen and oxygen atoms in total. The molecule has 0 saturated heterocycles. The van der Waals surface area contributed by atoms with Gasteiger partial charge in [-0.15, -0.1) is 0 Å². The van der Waals surface area contributed by atoms with E-state index in [1.165, 1.54) is 31.4 Å². The van der Waals surface area contributed by atoms with Crippen molar-refractivity contribution < 1.29 is 44.3 Å². The number of benzene rings is 5. The average molecular weight is 522 g/mol. The Morgan fingerprint density at radius 1 is 0.486 bits per heavy atom. The van der Waals surface area contributed by atoms with E-state index < -0.39 is 79.6 Å². The highest BCUT2D eigenvalue weighted by atomic mass is 19.2. The molecule has 0 aliphatic rings. The summed E-state index contributed by atoms with van der Waals surface area (Å²) in [4.78, 5) is 0. The number of halogens is 9. The van der Waals surface area contributed by atoms with Crippen molar-refractivity contribution >= 4 is 21.5 Å². The van der Waals surface area contributed by atoms with Crippen molar-refractivity contribution in [3.8, 4) is 28.0 Å². The first-order valence-corrected chi connectivity index (χ1v) is 10.5. The Balaban J connectivity index is 2.16. The molecule has 0 amide bonds. The minimum atomic E-state index is -2.37. The molecule has 0 unspecified atom stereocenters. The van der Waals surface area contributed by atoms with E-state index in [-0.39, 0.29) is 22.6 Å². The predicted octanol–water partition coefficient (Wildman–Crippen LogP) is 8.59. The molecule has 10 heteroatoms. The molecule has 188 valence electrons. The van der Waals surface area contributed by atoms with Gasteiger partial charge in [0, 0.05) is 33.4 Å². The topological polar surface area (TPSA) is 9.23 Å². The zero-order valence-corrected chi connectivity index (χ0v) is 18.4. The molecule has 0 atom stereocenters. The van der Waals surface area contributed by atoms with Gasteiger partial charge in [0.05, 0.1) is 12.7 Å². The van der Waals surface area contributed by atoms with Crippen molar-refractivity contribution in [2.45, 2.75) is 0 Å². The monoisotopic (exact) mass is 522 g/mol. The maximum absolute atomic E-state index is 15.4. The predicted molar refractivity (Wildman–Crippen MR) is 119 cm³/mol. The lowest BCUT2D eigenvalue weighted by atomic mass is 9.84. The molecule has 5 aromatic rings. The van der Waals surface area contributed by atoms with Crippen LogP contribution in [0, 0.1) is 52.4 Å². The Hall–Kier alpha value is -4.21. The Kier molecular flexibility index (Phi) is 5.77. The van der Waals surface area contributed by atoms with Gasteiger partial charge in [-0.3, -0.25) is 0 Å². The Bertz CT molecular complexity index is 1720. The summed E-state index contributed by atoms with van der Waals surface area (Å²) < 4.78 is 138. The summed E-state index contributed by atoms with van der Waals surface area (Å²) in [5.41, 5.74) is -3.19. The molecule has 0 saturated carbocycles. The molecule has 0 bridgehead atoms. The Morgan fingerprint density at radius 3 is 1.57 bits per heavy atom. The molecule has 0 aliphatic heterocycles. The van der Waals surface area contributed by atoms with Gasteiger partial charge in [0.1, 0.15) is 11.6 Å². The fraction of sp³-hybridized carbons (Fsp3) is 0.0370. The summed E-state index contributed by atoms with van der Waals surface area (Å²) in [5, 5.41) is -3.49. The lowest BCUT2D eigenvalue weighted by Gasteiger charge is -2.20. The second kappa shape index (κ2) is 8.72. The summed E-state index contributed by atoms with van der Waals surface area (Å²) in [6.45, 7) is 0. The van der Waals surface area contributed by atoms with Crippen LogP contribution in [0.5, 0.6) is 5.75 Å². The first kappa shape index (κ1) is 24.5. The smallest absolute Gasteiger partial charge is 0.198 e. The van der Waals surface area contributed by atoms with Crippen LogP contribution in [0.2, 0.25) is 0 Å². The fourth-order valence-corrected chi connectivity index (χ4v) is 4.45.